The van der Waals surface area contributed by atoms with Crippen LogP contribution in [0.5, 0.6) is 0 Å². The Balaban J connectivity index is 2.10. The van der Waals surface area contributed by atoms with Crippen molar-refractivity contribution < 1.29 is 14.6 Å². The normalized spacial score (nSPS) is 23.0. The van der Waals surface area contributed by atoms with Crippen LogP contribution >= 0.6 is 0 Å². The van der Waals surface area contributed by atoms with Crippen LogP contribution in [0, 0.1) is 6.92 Å². The Morgan fingerprint density at radius 3 is 2.94 bits per heavy atom. The number of anilines is 1. The monoisotopic (exact) mass is 251 g/mol. The Morgan fingerprint density at radius 1 is 1.56 bits per heavy atom. The fourth-order valence-electron chi connectivity index (χ4n) is 2.29. The topological polar surface area (TPSA) is 84.3 Å². The lowest BCUT2D eigenvalue weighted by atomic mass is 10.2. The molecule has 0 saturated heterocycles. The molecule has 2 rings (SSSR count). The summed E-state index contributed by atoms with van der Waals surface area (Å²) >= 11 is 0. The van der Waals surface area contributed by atoms with Crippen LogP contribution in [0.3, 0.4) is 0 Å². The molecular formula is C12H17N3O3. The highest BCUT2D eigenvalue weighted by atomic mass is 16.5. The second kappa shape index (κ2) is 5.30. The third-order valence-corrected chi connectivity index (χ3v) is 3.28. The van der Waals surface area contributed by atoms with Gasteiger partial charge in [0.1, 0.15) is 0 Å². The molecule has 1 saturated carbocycles. The number of hydrogen-bond donors (Lipinski definition) is 2. The van der Waals surface area contributed by atoms with Crippen LogP contribution in [-0.4, -0.2) is 40.3 Å². The van der Waals surface area contributed by atoms with Crippen molar-refractivity contribution in [1.82, 2.24) is 9.97 Å². The SMILES string of the molecule is COC1CCCC1Nc1ncc(C(=O)O)c(C)n1. The Bertz CT molecular complexity index is 450. The molecule has 0 radical (unpaired) electrons. The van der Waals surface area contributed by atoms with Gasteiger partial charge in [-0.15, -0.1) is 0 Å². The van der Waals surface area contributed by atoms with E-state index in [2.05, 4.69) is 15.3 Å². The molecule has 6 heteroatoms. The predicted octanol–water partition coefficient (Wildman–Crippen LogP) is 1.46. The van der Waals surface area contributed by atoms with E-state index in [0.29, 0.717) is 11.6 Å². The third kappa shape index (κ3) is 2.59. The van der Waals surface area contributed by atoms with Crippen LogP contribution in [0.2, 0.25) is 0 Å². The average molecular weight is 251 g/mol. The van der Waals surface area contributed by atoms with Gasteiger partial charge in [-0.2, -0.15) is 0 Å². The largest absolute Gasteiger partial charge is 0.478 e. The summed E-state index contributed by atoms with van der Waals surface area (Å²) in [5, 5.41) is 12.1. The molecule has 1 aliphatic rings. The standard InChI is InChI=1S/C12H17N3O3/c1-7-8(11(16)17)6-13-12(14-7)15-9-4-3-5-10(9)18-2/h6,9-10H,3-5H2,1-2H3,(H,16,17)(H,13,14,15). The summed E-state index contributed by atoms with van der Waals surface area (Å²) in [7, 11) is 1.70. The molecule has 0 bridgehead atoms. The summed E-state index contributed by atoms with van der Waals surface area (Å²) in [6.07, 6.45) is 4.67. The maximum absolute atomic E-state index is 10.9. The van der Waals surface area contributed by atoms with Crippen molar-refractivity contribution in [2.45, 2.75) is 38.3 Å². The predicted molar refractivity (Wildman–Crippen MR) is 65.8 cm³/mol. The number of aromatic nitrogens is 2. The van der Waals surface area contributed by atoms with Gasteiger partial charge in [-0.05, 0) is 26.2 Å². The molecule has 2 N–H and O–H groups in total. The van der Waals surface area contributed by atoms with Crippen molar-refractivity contribution >= 4 is 11.9 Å². The first-order valence-corrected chi connectivity index (χ1v) is 5.98. The third-order valence-electron chi connectivity index (χ3n) is 3.28. The molecule has 0 aliphatic heterocycles. The van der Waals surface area contributed by atoms with Gasteiger partial charge in [0.15, 0.2) is 0 Å². The van der Waals surface area contributed by atoms with E-state index in [1.54, 1.807) is 14.0 Å². The van der Waals surface area contributed by atoms with Gasteiger partial charge in [0.05, 0.1) is 23.4 Å². The van der Waals surface area contributed by atoms with Gasteiger partial charge >= 0.3 is 5.97 Å². The highest BCUT2D eigenvalue weighted by molar-refractivity contribution is 5.88. The minimum absolute atomic E-state index is 0.135. The molecule has 1 heterocycles. The number of hydrogen-bond acceptors (Lipinski definition) is 5. The minimum Gasteiger partial charge on any atom is -0.478 e. The smallest absolute Gasteiger partial charge is 0.339 e. The van der Waals surface area contributed by atoms with E-state index in [1.165, 1.54) is 6.20 Å². The van der Waals surface area contributed by atoms with Gasteiger partial charge in [-0.1, -0.05) is 0 Å². The molecule has 2 unspecified atom stereocenters. The number of aromatic carboxylic acids is 1. The number of carboxylic acids is 1. The molecule has 1 fully saturated rings. The zero-order chi connectivity index (χ0) is 13.1. The second-order valence-corrected chi connectivity index (χ2v) is 4.45. The van der Waals surface area contributed by atoms with E-state index in [0.717, 1.165) is 19.3 Å². The molecule has 0 aromatic carbocycles. The quantitative estimate of drug-likeness (QED) is 0.842. The van der Waals surface area contributed by atoms with Crippen molar-refractivity contribution in [3.63, 3.8) is 0 Å². The summed E-state index contributed by atoms with van der Waals surface area (Å²) in [5.74, 6) is -0.541. The van der Waals surface area contributed by atoms with E-state index in [1.807, 2.05) is 0 Å². The molecule has 18 heavy (non-hydrogen) atoms. The number of nitrogens with zero attached hydrogens (tertiary/aromatic N) is 2. The van der Waals surface area contributed by atoms with Gasteiger partial charge in [-0.25, -0.2) is 14.8 Å². The van der Waals surface area contributed by atoms with Gasteiger partial charge in [0, 0.05) is 13.3 Å². The van der Waals surface area contributed by atoms with Gasteiger partial charge in [0.25, 0.3) is 0 Å². The van der Waals surface area contributed by atoms with Crippen LogP contribution in [0.4, 0.5) is 5.95 Å². The molecule has 98 valence electrons. The summed E-state index contributed by atoms with van der Waals surface area (Å²) in [5.41, 5.74) is 0.599. The lowest BCUT2D eigenvalue weighted by molar-refractivity contribution is 0.0695. The number of methoxy groups -OCH3 is 1. The minimum atomic E-state index is -1.00. The molecule has 0 amide bonds. The molecule has 6 nitrogen and oxygen atoms in total. The second-order valence-electron chi connectivity index (χ2n) is 4.45. The maximum atomic E-state index is 10.9. The Kier molecular flexibility index (Phi) is 3.76. The number of carboxylic acid groups (broad SMARTS) is 1. The summed E-state index contributed by atoms with van der Waals surface area (Å²) in [6.45, 7) is 1.67. The Hall–Kier alpha value is -1.69. The number of carbonyl (C=O) groups is 1. The van der Waals surface area contributed by atoms with Crippen molar-refractivity contribution in [2.75, 3.05) is 12.4 Å². The van der Waals surface area contributed by atoms with Crippen molar-refractivity contribution in [2.24, 2.45) is 0 Å². The van der Waals surface area contributed by atoms with E-state index >= 15 is 0 Å². The number of rotatable bonds is 4. The zero-order valence-corrected chi connectivity index (χ0v) is 10.5. The number of ether oxygens (including phenoxy) is 1. The highest BCUT2D eigenvalue weighted by Crippen LogP contribution is 2.24. The van der Waals surface area contributed by atoms with Gasteiger partial charge in [-0.3, -0.25) is 0 Å². The first-order valence-electron chi connectivity index (χ1n) is 5.98. The highest BCUT2D eigenvalue weighted by Gasteiger charge is 2.27. The lowest BCUT2D eigenvalue weighted by Crippen LogP contribution is -2.30. The van der Waals surface area contributed by atoms with E-state index in [4.69, 9.17) is 9.84 Å². The van der Waals surface area contributed by atoms with Crippen LogP contribution < -0.4 is 5.32 Å². The first kappa shape index (κ1) is 12.8. The number of nitrogens with one attached hydrogen (secondary N) is 1. The van der Waals surface area contributed by atoms with Crippen molar-refractivity contribution in [1.29, 1.82) is 0 Å². The van der Waals surface area contributed by atoms with Crippen LogP contribution in [0.25, 0.3) is 0 Å². The summed E-state index contributed by atoms with van der Waals surface area (Å²) in [6, 6.07) is 0.199. The summed E-state index contributed by atoms with van der Waals surface area (Å²) < 4.78 is 5.38. The molecule has 2 atom stereocenters. The Labute approximate surface area is 105 Å². The van der Waals surface area contributed by atoms with E-state index in [-0.39, 0.29) is 17.7 Å². The molecular weight excluding hydrogens is 234 g/mol. The van der Waals surface area contributed by atoms with Crippen molar-refractivity contribution in [3.8, 4) is 0 Å². The van der Waals surface area contributed by atoms with E-state index < -0.39 is 5.97 Å². The van der Waals surface area contributed by atoms with Crippen molar-refractivity contribution in [3.05, 3.63) is 17.5 Å². The lowest BCUT2D eigenvalue weighted by Gasteiger charge is -2.19. The average Bonchev–Trinajstić information content (AvgIpc) is 2.76. The summed E-state index contributed by atoms with van der Waals surface area (Å²) in [4.78, 5) is 19.1. The maximum Gasteiger partial charge on any atom is 0.339 e. The zero-order valence-electron chi connectivity index (χ0n) is 10.5. The van der Waals surface area contributed by atoms with Crippen LogP contribution in [0.15, 0.2) is 6.20 Å². The van der Waals surface area contributed by atoms with Crippen LogP contribution in [-0.2, 0) is 4.74 Å². The fraction of sp³-hybridized carbons (Fsp3) is 0.583. The molecule has 1 aromatic rings. The first-order chi connectivity index (χ1) is 8.61. The molecule has 1 aromatic heterocycles. The molecule has 0 spiro atoms. The fourth-order valence-corrected chi connectivity index (χ4v) is 2.29. The Morgan fingerprint density at radius 2 is 2.33 bits per heavy atom. The van der Waals surface area contributed by atoms with Gasteiger partial charge < -0.3 is 15.2 Å². The molecule has 1 aliphatic carbocycles. The van der Waals surface area contributed by atoms with E-state index in [9.17, 15) is 4.79 Å². The number of aryl methyl sites for hydroxylation is 1. The van der Waals surface area contributed by atoms with Gasteiger partial charge in [0.2, 0.25) is 5.95 Å². The van der Waals surface area contributed by atoms with Crippen LogP contribution in [0.1, 0.15) is 35.3 Å².